The highest BCUT2D eigenvalue weighted by Crippen LogP contribution is 2.42. The van der Waals surface area contributed by atoms with Crippen LogP contribution in [-0.2, 0) is 0 Å². The normalized spacial score (nSPS) is 25.4. The summed E-state index contributed by atoms with van der Waals surface area (Å²) < 4.78 is 10.6. The van der Waals surface area contributed by atoms with E-state index in [4.69, 9.17) is 15.2 Å². The fourth-order valence-corrected chi connectivity index (χ4v) is 3.11. The molecular formula is C17H25NO3. The molecule has 1 aliphatic carbocycles. The van der Waals surface area contributed by atoms with E-state index in [9.17, 15) is 4.79 Å². The number of hydrogen-bond donors (Lipinski definition) is 1. The predicted octanol–water partition coefficient (Wildman–Crippen LogP) is 3.04. The van der Waals surface area contributed by atoms with Crippen LogP contribution < -0.4 is 15.2 Å². The molecule has 0 aromatic heterocycles. The maximum Gasteiger partial charge on any atom is 0.173 e. The van der Waals surface area contributed by atoms with E-state index in [2.05, 4.69) is 6.92 Å². The Morgan fingerprint density at radius 2 is 1.95 bits per heavy atom. The molecule has 0 aliphatic heterocycles. The lowest BCUT2D eigenvalue weighted by molar-refractivity contribution is 0.0692. The molecule has 2 rings (SSSR count). The van der Waals surface area contributed by atoms with Crippen molar-refractivity contribution in [3.8, 4) is 11.5 Å². The molecule has 1 aromatic rings. The first kappa shape index (κ1) is 15.8. The van der Waals surface area contributed by atoms with Crippen molar-refractivity contribution in [2.24, 2.45) is 17.1 Å². The van der Waals surface area contributed by atoms with E-state index in [-0.39, 0.29) is 5.78 Å². The molecule has 1 fully saturated rings. The quantitative estimate of drug-likeness (QED) is 0.847. The van der Waals surface area contributed by atoms with Crippen molar-refractivity contribution < 1.29 is 14.3 Å². The zero-order chi connectivity index (χ0) is 15.5. The van der Waals surface area contributed by atoms with Crippen LogP contribution in [-0.4, -0.2) is 26.5 Å². The van der Waals surface area contributed by atoms with Crippen molar-refractivity contribution >= 4 is 5.78 Å². The average molecular weight is 291 g/mol. The van der Waals surface area contributed by atoms with E-state index in [1.54, 1.807) is 32.4 Å². The summed E-state index contributed by atoms with van der Waals surface area (Å²) in [4.78, 5) is 13.0. The summed E-state index contributed by atoms with van der Waals surface area (Å²) in [5, 5.41) is 0. The Morgan fingerprint density at radius 3 is 2.48 bits per heavy atom. The molecular weight excluding hydrogens is 266 g/mol. The van der Waals surface area contributed by atoms with E-state index in [1.165, 1.54) is 0 Å². The Labute approximate surface area is 126 Å². The Hall–Kier alpha value is -1.55. The Kier molecular flexibility index (Phi) is 4.88. The van der Waals surface area contributed by atoms with Crippen molar-refractivity contribution in [3.63, 3.8) is 0 Å². The minimum absolute atomic E-state index is 0.108. The average Bonchev–Trinajstić information content (AvgIpc) is 2.54. The molecule has 21 heavy (non-hydrogen) atoms. The van der Waals surface area contributed by atoms with Crippen LogP contribution in [0, 0.1) is 11.3 Å². The Bertz CT molecular complexity index is 505. The molecule has 0 bridgehead atoms. The smallest absolute Gasteiger partial charge is 0.173 e. The van der Waals surface area contributed by atoms with E-state index in [0.717, 1.165) is 25.7 Å². The van der Waals surface area contributed by atoms with Crippen molar-refractivity contribution in [2.45, 2.75) is 32.6 Å². The SMILES string of the molecule is COc1ccc(C(=O)C2(CN)CCC(C)CC2)c(OC)c1. The second kappa shape index (κ2) is 6.48. The van der Waals surface area contributed by atoms with Gasteiger partial charge in [-0.1, -0.05) is 6.92 Å². The van der Waals surface area contributed by atoms with Crippen molar-refractivity contribution in [1.29, 1.82) is 0 Å². The molecule has 0 unspecified atom stereocenters. The van der Waals surface area contributed by atoms with E-state index >= 15 is 0 Å². The molecule has 0 saturated heterocycles. The number of methoxy groups -OCH3 is 2. The largest absolute Gasteiger partial charge is 0.497 e. The fraction of sp³-hybridized carbons (Fsp3) is 0.588. The van der Waals surface area contributed by atoms with Gasteiger partial charge in [-0.2, -0.15) is 0 Å². The van der Waals surface area contributed by atoms with Crippen LogP contribution >= 0.6 is 0 Å². The van der Waals surface area contributed by atoms with Crippen LogP contribution in [0.3, 0.4) is 0 Å². The first-order valence-corrected chi connectivity index (χ1v) is 7.53. The molecule has 0 heterocycles. The minimum atomic E-state index is -0.436. The van der Waals surface area contributed by atoms with E-state index in [0.29, 0.717) is 29.5 Å². The summed E-state index contributed by atoms with van der Waals surface area (Å²) in [5.74, 6) is 2.03. The lowest BCUT2D eigenvalue weighted by Crippen LogP contribution is -2.41. The second-order valence-electron chi connectivity index (χ2n) is 6.06. The molecule has 1 aliphatic rings. The molecule has 0 atom stereocenters. The zero-order valence-electron chi connectivity index (χ0n) is 13.1. The monoisotopic (exact) mass is 291 g/mol. The predicted molar refractivity (Wildman–Crippen MR) is 83.0 cm³/mol. The van der Waals surface area contributed by atoms with Gasteiger partial charge in [0.25, 0.3) is 0 Å². The molecule has 1 saturated carbocycles. The number of hydrogen-bond acceptors (Lipinski definition) is 4. The van der Waals surface area contributed by atoms with E-state index < -0.39 is 5.41 Å². The molecule has 0 spiro atoms. The van der Waals surface area contributed by atoms with Crippen LogP contribution in [0.25, 0.3) is 0 Å². The van der Waals surface area contributed by atoms with Crippen LogP contribution in [0.4, 0.5) is 0 Å². The molecule has 4 heteroatoms. The van der Waals surface area contributed by atoms with E-state index in [1.807, 2.05) is 0 Å². The highest BCUT2D eigenvalue weighted by molar-refractivity contribution is 6.03. The molecule has 4 nitrogen and oxygen atoms in total. The molecule has 0 amide bonds. The summed E-state index contributed by atoms with van der Waals surface area (Å²) >= 11 is 0. The number of ketones is 1. The zero-order valence-corrected chi connectivity index (χ0v) is 13.1. The van der Waals surface area contributed by atoms with Gasteiger partial charge in [0.1, 0.15) is 11.5 Å². The number of benzene rings is 1. The van der Waals surface area contributed by atoms with Crippen molar-refractivity contribution in [1.82, 2.24) is 0 Å². The summed E-state index contributed by atoms with van der Waals surface area (Å²) in [6.07, 6.45) is 3.83. The summed E-state index contributed by atoms with van der Waals surface area (Å²) in [5.41, 5.74) is 6.16. The number of Topliss-reactive ketones (excluding diaryl/α,β-unsaturated/α-hetero) is 1. The van der Waals surface area contributed by atoms with Gasteiger partial charge in [-0.15, -0.1) is 0 Å². The molecule has 0 radical (unpaired) electrons. The van der Waals surface area contributed by atoms with Crippen LogP contribution in [0.2, 0.25) is 0 Å². The van der Waals surface area contributed by atoms with Gasteiger partial charge in [0, 0.05) is 18.0 Å². The van der Waals surface area contributed by atoms with Crippen LogP contribution in [0.5, 0.6) is 11.5 Å². The van der Waals surface area contributed by atoms with Crippen LogP contribution in [0.1, 0.15) is 43.0 Å². The van der Waals surface area contributed by atoms with Gasteiger partial charge in [-0.25, -0.2) is 0 Å². The van der Waals surface area contributed by atoms with Gasteiger partial charge in [-0.3, -0.25) is 4.79 Å². The lowest BCUT2D eigenvalue weighted by Gasteiger charge is -2.37. The number of carbonyl (C=O) groups is 1. The topological polar surface area (TPSA) is 61.5 Å². The highest BCUT2D eigenvalue weighted by atomic mass is 16.5. The van der Waals surface area contributed by atoms with Gasteiger partial charge >= 0.3 is 0 Å². The Balaban J connectivity index is 2.33. The standard InChI is InChI=1S/C17H25NO3/c1-12-6-8-17(11-18,9-7-12)16(19)14-5-4-13(20-2)10-15(14)21-3/h4-5,10,12H,6-9,11,18H2,1-3H3. The number of ether oxygens (including phenoxy) is 2. The number of rotatable bonds is 5. The summed E-state index contributed by atoms with van der Waals surface area (Å²) in [7, 11) is 3.17. The van der Waals surface area contributed by atoms with Gasteiger partial charge in [0.05, 0.1) is 19.8 Å². The van der Waals surface area contributed by atoms with Crippen molar-refractivity contribution in [2.75, 3.05) is 20.8 Å². The number of carbonyl (C=O) groups excluding carboxylic acids is 1. The third-order valence-corrected chi connectivity index (χ3v) is 4.76. The van der Waals surface area contributed by atoms with Gasteiger partial charge in [0.2, 0.25) is 0 Å². The summed E-state index contributed by atoms with van der Waals surface area (Å²) in [6.45, 7) is 2.63. The third kappa shape index (κ3) is 3.05. The molecule has 1 aromatic carbocycles. The first-order valence-electron chi connectivity index (χ1n) is 7.53. The second-order valence-corrected chi connectivity index (χ2v) is 6.06. The number of nitrogens with two attached hydrogens (primary N) is 1. The Morgan fingerprint density at radius 1 is 1.29 bits per heavy atom. The van der Waals surface area contributed by atoms with Crippen LogP contribution in [0.15, 0.2) is 18.2 Å². The molecule has 2 N–H and O–H groups in total. The maximum atomic E-state index is 13.0. The van der Waals surface area contributed by atoms with Gasteiger partial charge in [0.15, 0.2) is 5.78 Å². The third-order valence-electron chi connectivity index (χ3n) is 4.76. The maximum absolute atomic E-state index is 13.0. The molecule has 116 valence electrons. The van der Waals surface area contributed by atoms with Gasteiger partial charge in [-0.05, 0) is 43.7 Å². The lowest BCUT2D eigenvalue weighted by atomic mass is 9.67. The van der Waals surface area contributed by atoms with Crippen molar-refractivity contribution in [3.05, 3.63) is 23.8 Å². The first-order chi connectivity index (χ1) is 10.1. The minimum Gasteiger partial charge on any atom is -0.497 e. The fourth-order valence-electron chi connectivity index (χ4n) is 3.11. The highest BCUT2D eigenvalue weighted by Gasteiger charge is 2.41. The van der Waals surface area contributed by atoms with Gasteiger partial charge < -0.3 is 15.2 Å². The summed E-state index contributed by atoms with van der Waals surface area (Å²) in [6, 6.07) is 5.34.